The maximum absolute atomic E-state index is 5.44. The molecule has 0 bridgehead atoms. The Bertz CT molecular complexity index is 525. The van der Waals surface area contributed by atoms with E-state index in [1.54, 1.807) is 0 Å². The van der Waals surface area contributed by atoms with Crippen LogP contribution in [-0.4, -0.2) is 12.8 Å². The quantitative estimate of drug-likeness (QED) is 0.844. The molecule has 0 aromatic heterocycles. The molecule has 0 saturated heterocycles. The molecule has 2 aliphatic carbocycles. The highest BCUT2D eigenvalue weighted by molar-refractivity contribution is 5.45. The second-order valence-electron chi connectivity index (χ2n) is 5.84. The van der Waals surface area contributed by atoms with Crippen molar-refractivity contribution in [1.82, 2.24) is 5.32 Å². The summed E-state index contributed by atoms with van der Waals surface area (Å²) >= 11 is 0. The summed E-state index contributed by atoms with van der Waals surface area (Å²) in [5.41, 5.74) is 1.27. The Hall–Kier alpha value is -1.48. The minimum absolute atomic E-state index is 0.345. The van der Waals surface area contributed by atoms with Crippen molar-refractivity contribution in [2.45, 2.75) is 31.8 Å². The van der Waals surface area contributed by atoms with E-state index in [1.807, 2.05) is 6.07 Å². The van der Waals surface area contributed by atoms with Crippen LogP contribution in [0.15, 0.2) is 30.4 Å². The molecule has 4 unspecified atom stereocenters. The standard InChI is InChI=1S/C16H19NO2/c1-10(17-14-7-12-3-2-4-13(12)14)11-5-6-15-16(8-11)19-9-18-15/h2,4-6,8,10,12-14,17H,3,7,9H2,1H3. The van der Waals surface area contributed by atoms with Gasteiger partial charge in [-0.15, -0.1) is 0 Å². The van der Waals surface area contributed by atoms with E-state index in [0.29, 0.717) is 18.9 Å². The van der Waals surface area contributed by atoms with Gasteiger partial charge in [-0.1, -0.05) is 18.2 Å². The lowest BCUT2D eigenvalue weighted by atomic mass is 9.71. The Morgan fingerprint density at radius 1 is 1.26 bits per heavy atom. The highest BCUT2D eigenvalue weighted by Crippen LogP contribution is 2.43. The fourth-order valence-electron chi connectivity index (χ4n) is 3.51. The Balaban J connectivity index is 1.45. The first kappa shape index (κ1) is 11.4. The first-order valence-corrected chi connectivity index (χ1v) is 7.13. The van der Waals surface area contributed by atoms with Crippen molar-refractivity contribution in [2.24, 2.45) is 11.8 Å². The summed E-state index contributed by atoms with van der Waals surface area (Å²) in [7, 11) is 0. The number of rotatable bonds is 3. The van der Waals surface area contributed by atoms with E-state index in [9.17, 15) is 0 Å². The maximum atomic E-state index is 5.44. The van der Waals surface area contributed by atoms with Crippen molar-refractivity contribution in [1.29, 1.82) is 0 Å². The predicted molar refractivity (Wildman–Crippen MR) is 73.3 cm³/mol. The van der Waals surface area contributed by atoms with Gasteiger partial charge in [0.1, 0.15) is 0 Å². The van der Waals surface area contributed by atoms with Crippen molar-refractivity contribution in [3.05, 3.63) is 35.9 Å². The number of hydrogen-bond acceptors (Lipinski definition) is 3. The van der Waals surface area contributed by atoms with E-state index in [1.165, 1.54) is 18.4 Å². The third kappa shape index (κ3) is 1.84. The van der Waals surface area contributed by atoms with Crippen LogP contribution in [0, 0.1) is 11.8 Å². The fourth-order valence-corrected chi connectivity index (χ4v) is 3.51. The summed E-state index contributed by atoms with van der Waals surface area (Å²) in [5.74, 6) is 3.40. The van der Waals surface area contributed by atoms with Gasteiger partial charge in [-0.2, -0.15) is 0 Å². The van der Waals surface area contributed by atoms with E-state index in [0.717, 1.165) is 23.3 Å². The third-order valence-corrected chi connectivity index (χ3v) is 4.72. The molecule has 0 spiro atoms. The SMILES string of the molecule is CC(NC1CC2CC=CC21)c1ccc2c(c1)OCO2. The average Bonchev–Trinajstić information content (AvgIpc) is 3.00. The van der Waals surface area contributed by atoms with Gasteiger partial charge in [0.15, 0.2) is 11.5 Å². The molecule has 0 radical (unpaired) electrons. The van der Waals surface area contributed by atoms with E-state index in [4.69, 9.17) is 9.47 Å². The van der Waals surface area contributed by atoms with Crippen LogP contribution in [0.3, 0.4) is 0 Å². The van der Waals surface area contributed by atoms with Gasteiger partial charge in [0.2, 0.25) is 6.79 Å². The molecule has 1 aliphatic heterocycles. The van der Waals surface area contributed by atoms with Crippen LogP contribution in [-0.2, 0) is 0 Å². The lowest BCUT2D eigenvalue weighted by Crippen LogP contribution is -2.48. The molecule has 1 aromatic carbocycles. The van der Waals surface area contributed by atoms with Crippen LogP contribution in [0.25, 0.3) is 0 Å². The van der Waals surface area contributed by atoms with Crippen molar-refractivity contribution >= 4 is 0 Å². The molecule has 3 heteroatoms. The molecule has 1 fully saturated rings. The van der Waals surface area contributed by atoms with Gasteiger partial charge >= 0.3 is 0 Å². The highest BCUT2D eigenvalue weighted by Gasteiger charge is 2.41. The summed E-state index contributed by atoms with van der Waals surface area (Å²) in [5, 5.41) is 3.75. The second kappa shape index (κ2) is 4.27. The summed E-state index contributed by atoms with van der Waals surface area (Å²) in [4.78, 5) is 0. The van der Waals surface area contributed by atoms with Crippen LogP contribution in [0.5, 0.6) is 11.5 Å². The molecule has 3 aliphatic rings. The number of fused-ring (bicyclic) bond motifs is 2. The first-order chi connectivity index (χ1) is 9.31. The Kier molecular flexibility index (Phi) is 2.55. The fraction of sp³-hybridized carbons (Fsp3) is 0.500. The van der Waals surface area contributed by atoms with Crippen LogP contribution >= 0.6 is 0 Å². The van der Waals surface area contributed by atoms with E-state index < -0.39 is 0 Å². The molecule has 1 saturated carbocycles. The third-order valence-electron chi connectivity index (χ3n) is 4.72. The topological polar surface area (TPSA) is 30.5 Å². The highest BCUT2D eigenvalue weighted by atomic mass is 16.7. The molecule has 4 rings (SSSR count). The molecule has 19 heavy (non-hydrogen) atoms. The summed E-state index contributed by atoms with van der Waals surface area (Å²) < 4.78 is 10.8. The van der Waals surface area contributed by atoms with Gasteiger partial charge in [-0.3, -0.25) is 0 Å². The smallest absolute Gasteiger partial charge is 0.231 e. The maximum Gasteiger partial charge on any atom is 0.231 e. The summed E-state index contributed by atoms with van der Waals surface area (Å²) in [6.45, 7) is 2.57. The van der Waals surface area contributed by atoms with E-state index in [-0.39, 0.29) is 0 Å². The largest absolute Gasteiger partial charge is 0.454 e. The van der Waals surface area contributed by atoms with Crippen LogP contribution in [0.4, 0.5) is 0 Å². The van der Waals surface area contributed by atoms with E-state index >= 15 is 0 Å². The lowest BCUT2D eigenvalue weighted by Gasteiger charge is -2.42. The molecule has 1 aromatic rings. The van der Waals surface area contributed by atoms with Gasteiger partial charge in [0, 0.05) is 12.1 Å². The second-order valence-corrected chi connectivity index (χ2v) is 5.84. The number of allylic oxidation sites excluding steroid dienone is 1. The Labute approximate surface area is 113 Å². The number of hydrogen-bond donors (Lipinski definition) is 1. The van der Waals surface area contributed by atoms with Crippen molar-refractivity contribution in [3.8, 4) is 11.5 Å². The Morgan fingerprint density at radius 2 is 2.16 bits per heavy atom. The van der Waals surface area contributed by atoms with Crippen molar-refractivity contribution in [2.75, 3.05) is 6.79 Å². The number of ether oxygens (including phenoxy) is 2. The van der Waals surface area contributed by atoms with Crippen LogP contribution in [0.2, 0.25) is 0 Å². The zero-order valence-electron chi connectivity index (χ0n) is 11.1. The average molecular weight is 257 g/mol. The lowest BCUT2D eigenvalue weighted by molar-refractivity contribution is 0.152. The molecule has 1 heterocycles. The van der Waals surface area contributed by atoms with Crippen molar-refractivity contribution in [3.63, 3.8) is 0 Å². The van der Waals surface area contributed by atoms with Gasteiger partial charge in [0.05, 0.1) is 0 Å². The normalized spacial score (nSPS) is 31.9. The summed E-state index contributed by atoms with van der Waals surface area (Å²) in [6.07, 6.45) is 7.31. The first-order valence-electron chi connectivity index (χ1n) is 7.13. The monoisotopic (exact) mass is 257 g/mol. The molecule has 4 atom stereocenters. The van der Waals surface area contributed by atoms with Gasteiger partial charge in [-0.25, -0.2) is 0 Å². The van der Waals surface area contributed by atoms with Crippen LogP contribution < -0.4 is 14.8 Å². The number of nitrogens with one attached hydrogen (secondary N) is 1. The molecule has 0 amide bonds. The van der Waals surface area contributed by atoms with E-state index in [2.05, 4.69) is 36.5 Å². The molecular formula is C16H19NO2. The number of benzene rings is 1. The zero-order chi connectivity index (χ0) is 12.8. The molecule has 100 valence electrons. The minimum Gasteiger partial charge on any atom is -0.454 e. The van der Waals surface area contributed by atoms with Gasteiger partial charge in [-0.05, 0) is 49.3 Å². The molecular weight excluding hydrogens is 238 g/mol. The minimum atomic E-state index is 0.345. The van der Waals surface area contributed by atoms with Gasteiger partial charge < -0.3 is 14.8 Å². The predicted octanol–water partition coefficient (Wildman–Crippen LogP) is 3.03. The van der Waals surface area contributed by atoms with Crippen molar-refractivity contribution < 1.29 is 9.47 Å². The summed E-state index contributed by atoms with van der Waals surface area (Å²) in [6, 6.07) is 7.24. The molecule has 1 N–H and O–H groups in total. The molecule has 3 nitrogen and oxygen atoms in total. The van der Waals surface area contributed by atoms with Crippen LogP contribution in [0.1, 0.15) is 31.4 Å². The zero-order valence-corrected chi connectivity index (χ0v) is 11.1. The Morgan fingerprint density at radius 3 is 3.05 bits per heavy atom. The van der Waals surface area contributed by atoms with Gasteiger partial charge in [0.25, 0.3) is 0 Å².